The molecule has 1 aromatic carbocycles. The molecule has 0 spiro atoms. The molecule has 2 rings (SSSR count). The van der Waals surface area contributed by atoms with E-state index in [0.717, 1.165) is 18.9 Å². The lowest BCUT2D eigenvalue weighted by molar-refractivity contribution is 0.425. The van der Waals surface area contributed by atoms with Crippen molar-refractivity contribution < 1.29 is 17.2 Å². The fraction of sp³-hybridized carbons (Fsp3) is 0.500. The van der Waals surface area contributed by atoms with Crippen molar-refractivity contribution in [2.24, 2.45) is 0 Å². The monoisotopic (exact) mass is 353 g/mol. The first-order valence-corrected chi connectivity index (χ1v) is 8.20. The van der Waals surface area contributed by atoms with E-state index in [2.05, 4.69) is 20.7 Å². The average molecular weight is 354 g/mol. The minimum absolute atomic E-state index is 0.112. The van der Waals surface area contributed by atoms with Gasteiger partial charge in [0.1, 0.15) is 16.5 Å². The summed E-state index contributed by atoms with van der Waals surface area (Å²) in [7, 11) is -4.02. The predicted molar refractivity (Wildman–Crippen MR) is 71.3 cm³/mol. The van der Waals surface area contributed by atoms with Crippen molar-refractivity contribution in [1.82, 2.24) is 4.72 Å². The van der Waals surface area contributed by atoms with Gasteiger partial charge in [0.15, 0.2) is 0 Å². The summed E-state index contributed by atoms with van der Waals surface area (Å²) in [4.78, 5) is -0.540. The molecular formula is C12H14BrF2NO2S. The zero-order chi connectivity index (χ0) is 14.3. The lowest BCUT2D eigenvalue weighted by Gasteiger charge is -2.25. The van der Waals surface area contributed by atoms with Gasteiger partial charge in [-0.05, 0) is 41.8 Å². The van der Waals surface area contributed by atoms with Crippen LogP contribution in [0.4, 0.5) is 8.78 Å². The van der Waals surface area contributed by atoms with Gasteiger partial charge in [-0.1, -0.05) is 12.8 Å². The quantitative estimate of drug-likeness (QED) is 0.905. The molecule has 1 saturated carbocycles. The molecule has 0 saturated heterocycles. The Morgan fingerprint density at radius 3 is 2.37 bits per heavy atom. The topological polar surface area (TPSA) is 46.2 Å². The van der Waals surface area contributed by atoms with E-state index in [4.69, 9.17) is 0 Å². The SMILES string of the molecule is CC1(NS(=O)(=O)c2c(F)cc(F)cc2Br)CCCC1. The first kappa shape index (κ1) is 14.9. The van der Waals surface area contributed by atoms with Crippen LogP contribution in [0.1, 0.15) is 32.6 Å². The summed E-state index contributed by atoms with van der Waals surface area (Å²) < 4.78 is 53.6. The second kappa shape index (κ2) is 5.10. The van der Waals surface area contributed by atoms with Crippen LogP contribution >= 0.6 is 15.9 Å². The third-order valence-electron chi connectivity index (χ3n) is 3.32. The van der Waals surface area contributed by atoms with Crippen LogP contribution in [0.3, 0.4) is 0 Å². The lowest BCUT2D eigenvalue weighted by Crippen LogP contribution is -2.43. The molecule has 1 fully saturated rings. The first-order chi connectivity index (χ1) is 8.73. The average Bonchev–Trinajstić information content (AvgIpc) is 2.60. The van der Waals surface area contributed by atoms with Crippen LogP contribution in [0.15, 0.2) is 21.5 Å². The van der Waals surface area contributed by atoms with E-state index in [9.17, 15) is 17.2 Å². The Bertz CT molecular complexity index is 575. The molecule has 1 aromatic rings. The summed E-state index contributed by atoms with van der Waals surface area (Å²) in [5.74, 6) is -1.92. The van der Waals surface area contributed by atoms with E-state index in [1.54, 1.807) is 6.92 Å². The Kier molecular flexibility index (Phi) is 3.99. The fourth-order valence-electron chi connectivity index (χ4n) is 2.42. The van der Waals surface area contributed by atoms with Crippen LogP contribution in [-0.2, 0) is 10.0 Å². The largest absolute Gasteiger partial charge is 0.245 e. The summed E-state index contributed by atoms with van der Waals surface area (Å²) in [5.41, 5.74) is -0.556. The van der Waals surface area contributed by atoms with E-state index < -0.39 is 32.1 Å². The van der Waals surface area contributed by atoms with Crippen LogP contribution in [0.5, 0.6) is 0 Å². The Hall–Kier alpha value is -0.530. The zero-order valence-electron chi connectivity index (χ0n) is 10.3. The Balaban J connectivity index is 2.40. The molecule has 0 radical (unpaired) electrons. The molecule has 0 amide bonds. The molecule has 0 aliphatic heterocycles. The molecule has 1 aliphatic carbocycles. The number of hydrogen-bond donors (Lipinski definition) is 1. The van der Waals surface area contributed by atoms with Gasteiger partial charge >= 0.3 is 0 Å². The summed E-state index contributed by atoms with van der Waals surface area (Å²) in [6.45, 7) is 1.80. The van der Waals surface area contributed by atoms with Gasteiger partial charge in [-0.2, -0.15) is 0 Å². The number of benzene rings is 1. The summed E-state index contributed by atoms with van der Waals surface area (Å²) >= 11 is 2.90. The van der Waals surface area contributed by atoms with E-state index >= 15 is 0 Å². The van der Waals surface area contributed by atoms with Gasteiger partial charge in [-0.15, -0.1) is 0 Å². The number of hydrogen-bond acceptors (Lipinski definition) is 2. The van der Waals surface area contributed by atoms with Crippen LogP contribution in [0.2, 0.25) is 0 Å². The molecule has 0 atom stereocenters. The smallest absolute Gasteiger partial charge is 0.207 e. The third-order valence-corrected chi connectivity index (χ3v) is 5.92. The maximum atomic E-state index is 13.7. The number of sulfonamides is 1. The zero-order valence-corrected chi connectivity index (χ0v) is 12.7. The molecule has 0 unspecified atom stereocenters. The molecule has 0 bridgehead atoms. The Morgan fingerprint density at radius 1 is 1.26 bits per heavy atom. The van der Waals surface area contributed by atoms with E-state index in [1.165, 1.54) is 0 Å². The minimum Gasteiger partial charge on any atom is -0.207 e. The molecule has 1 aliphatic rings. The van der Waals surface area contributed by atoms with E-state index in [0.29, 0.717) is 18.9 Å². The normalized spacial score (nSPS) is 18.7. The van der Waals surface area contributed by atoms with Gasteiger partial charge < -0.3 is 0 Å². The van der Waals surface area contributed by atoms with Gasteiger partial charge in [0.2, 0.25) is 10.0 Å². The molecule has 1 N–H and O–H groups in total. The molecule has 7 heteroatoms. The summed E-state index contributed by atoms with van der Waals surface area (Å²) in [5, 5.41) is 0. The van der Waals surface area contributed by atoms with Gasteiger partial charge in [-0.25, -0.2) is 21.9 Å². The van der Waals surface area contributed by atoms with Crippen molar-refractivity contribution in [2.45, 2.75) is 43.0 Å². The maximum Gasteiger partial charge on any atom is 0.245 e. The summed E-state index contributed by atoms with van der Waals surface area (Å²) in [6, 6.07) is 1.50. The molecule has 3 nitrogen and oxygen atoms in total. The van der Waals surface area contributed by atoms with Crippen molar-refractivity contribution in [1.29, 1.82) is 0 Å². The van der Waals surface area contributed by atoms with Crippen molar-refractivity contribution in [3.8, 4) is 0 Å². The van der Waals surface area contributed by atoms with Crippen LogP contribution in [-0.4, -0.2) is 14.0 Å². The van der Waals surface area contributed by atoms with Crippen molar-refractivity contribution in [3.63, 3.8) is 0 Å². The Morgan fingerprint density at radius 2 is 1.84 bits per heavy atom. The van der Waals surface area contributed by atoms with Crippen LogP contribution < -0.4 is 4.72 Å². The lowest BCUT2D eigenvalue weighted by atomic mass is 10.0. The third kappa shape index (κ3) is 3.14. The van der Waals surface area contributed by atoms with Crippen molar-refractivity contribution in [3.05, 3.63) is 28.2 Å². The highest BCUT2D eigenvalue weighted by atomic mass is 79.9. The van der Waals surface area contributed by atoms with Crippen molar-refractivity contribution >= 4 is 26.0 Å². The summed E-state index contributed by atoms with van der Waals surface area (Å²) in [6.07, 6.45) is 3.30. The van der Waals surface area contributed by atoms with E-state index in [1.807, 2.05) is 0 Å². The minimum atomic E-state index is -4.02. The van der Waals surface area contributed by atoms with Gasteiger partial charge in [0.05, 0.1) is 0 Å². The first-order valence-electron chi connectivity index (χ1n) is 5.92. The molecular weight excluding hydrogens is 340 g/mol. The highest BCUT2D eigenvalue weighted by Gasteiger charge is 2.35. The molecule has 0 aromatic heterocycles. The molecule has 19 heavy (non-hydrogen) atoms. The highest BCUT2D eigenvalue weighted by molar-refractivity contribution is 9.10. The Labute approximate surface area is 119 Å². The predicted octanol–water partition coefficient (Wildman–Crippen LogP) is 3.34. The van der Waals surface area contributed by atoms with Gasteiger partial charge in [-0.3, -0.25) is 0 Å². The fourth-order valence-corrected chi connectivity index (χ4v) is 5.05. The van der Waals surface area contributed by atoms with Gasteiger partial charge in [0.25, 0.3) is 0 Å². The maximum absolute atomic E-state index is 13.7. The van der Waals surface area contributed by atoms with Crippen LogP contribution in [0, 0.1) is 11.6 Å². The van der Waals surface area contributed by atoms with Crippen LogP contribution in [0.25, 0.3) is 0 Å². The van der Waals surface area contributed by atoms with Crippen molar-refractivity contribution in [2.75, 3.05) is 0 Å². The second-order valence-electron chi connectivity index (χ2n) is 5.07. The highest BCUT2D eigenvalue weighted by Crippen LogP contribution is 2.33. The standard InChI is InChI=1S/C12H14BrF2NO2S/c1-12(4-2-3-5-12)16-19(17,18)11-9(13)6-8(14)7-10(11)15/h6-7,16H,2-5H2,1H3. The van der Waals surface area contributed by atoms with Gasteiger partial charge in [0, 0.05) is 16.1 Å². The molecule has 106 valence electrons. The number of halogens is 3. The molecule has 0 heterocycles. The number of rotatable bonds is 3. The number of nitrogens with one attached hydrogen (secondary N) is 1. The second-order valence-corrected chi connectivity index (χ2v) is 7.55. The van der Waals surface area contributed by atoms with E-state index in [-0.39, 0.29) is 4.47 Å².